The summed E-state index contributed by atoms with van der Waals surface area (Å²) < 4.78 is 5.55. The minimum atomic E-state index is -0.215. The van der Waals surface area contributed by atoms with E-state index in [-0.39, 0.29) is 12.6 Å². The van der Waals surface area contributed by atoms with Crippen molar-refractivity contribution < 1.29 is 9.52 Å². The van der Waals surface area contributed by atoms with Gasteiger partial charge in [-0.25, -0.2) is 0 Å². The van der Waals surface area contributed by atoms with E-state index < -0.39 is 0 Å². The molecule has 0 bridgehead atoms. The smallest absolute Gasteiger partial charge is 0.134 e. The summed E-state index contributed by atoms with van der Waals surface area (Å²) in [6.07, 6.45) is 0.528. The molecule has 0 radical (unpaired) electrons. The molecule has 3 heteroatoms. The van der Waals surface area contributed by atoms with Crippen LogP contribution in [0.2, 0.25) is 0 Å². The van der Waals surface area contributed by atoms with Gasteiger partial charge in [0.15, 0.2) is 0 Å². The minimum absolute atomic E-state index is 0.0816. The summed E-state index contributed by atoms with van der Waals surface area (Å²) in [6, 6.07) is 9.48. The molecule has 0 fully saturated rings. The van der Waals surface area contributed by atoms with Crippen LogP contribution < -0.4 is 5.73 Å². The van der Waals surface area contributed by atoms with Gasteiger partial charge in [0.25, 0.3) is 0 Å². The molecule has 1 aromatic carbocycles. The van der Waals surface area contributed by atoms with Crippen molar-refractivity contribution in [1.82, 2.24) is 0 Å². The number of aliphatic hydroxyl groups is 1. The first kappa shape index (κ1) is 9.24. The topological polar surface area (TPSA) is 59.4 Å². The van der Waals surface area contributed by atoms with E-state index in [4.69, 9.17) is 15.3 Å². The number of nitrogens with two attached hydrogens (primary N) is 1. The van der Waals surface area contributed by atoms with E-state index in [9.17, 15) is 0 Å². The van der Waals surface area contributed by atoms with Gasteiger partial charge in [-0.2, -0.15) is 0 Å². The number of fused-ring (bicyclic) bond motifs is 1. The zero-order valence-corrected chi connectivity index (χ0v) is 7.81. The number of rotatable bonds is 3. The summed E-state index contributed by atoms with van der Waals surface area (Å²) >= 11 is 0. The lowest BCUT2D eigenvalue weighted by Crippen LogP contribution is -2.10. The molecule has 0 saturated carbocycles. The van der Waals surface area contributed by atoms with E-state index in [0.717, 1.165) is 16.7 Å². The first-order valence-corrected chi connectivity index (χ1v) is 4.66. The lowest BCUT2D eigenvalue weighted by molar-refractivity contribution is 0.270. The highest BCUT2D eigenvalue weighted by atomic mass is 16.3. The molecule has 3 N–H and O–H groups in total. The van der Waals surface area contributed by atoms with Crippen molar-refractivity contribution in [3.8, 4) is 0 Å². The van der Waals surface area contributed by atoms with E-state index in [0.29, 0.717) is 6.42 Å². The molecule has 0 aliphatic heterocycles. The van der Waals surface area contributed by atoms with Crippen LogP contribution >= 0.6 is 0 Å². The number of benzene rings is 1. The first-order valence-electron chi connectivity index (χ1n) is 4.66. The average Bonchev–Trinajstić information content (AvgIpc) is 2.61. The van der Waals surface area contributed by atoms with Gasteiger partial charge in [0.05, 0.1) is 6.04 Å². The highest BCUT2D eigenvalue weighted by Gasteiger charge is 2.10. The van der Waals surface area contributed by atoms with Gasteiger partial charge in [-0.1, -0.05) is 18.2 Å². The van der Waals surface area contributed by atoms with E-state index >= 15 is 0 Å². The van der Waals surface area contributed by atoms with Gasteiger partial charge in [0, 0.05) is 12.0 Å². The fraction of sp³-hybridized carbons (Fsp3) is 0.273. The van der Waals surface area contributed by atoms with E-state index in [1.54, 1.807) is 0 Å². The molecule has 0 spiro atoms. The monoisotopic (exact) mass is 191 g/mol. The minimum Gasteiger partial charge on any atom is -0.459 e. The molecule has 0 aliphatic carbocycles. The molecule has 0 saturated heterocycles. The maximum atomic E-state index is 8.75. The Hall–Kier alpha value is -1.32. The van der Waals surface area contributed by atoms with Crippen LogP contribution in [-0.4, -0.2) is 11.7 Å². The van der Waals surface area contributed by atoms with Gasteiger partial charge < -0.3 is 15.3 Å². The number of hydrogen-bond acceptors (Lipinski definition) is 3. The Morgan fingerprint density at radius 3 is 2.86 bits per heavy atom. The van der Waals surface area contributed by atoms with E-state index in [2.05, 4.69) is 0 Å². The third-order valence-electron chi connectivity index (χ3n) is 2.25. The van der Waals surface area contributed by atoms with Crippen molar-refractivity contribution in [1.29, 1.82) is 0 Å². The maximum absolute atomic E-state index is 8.75. The quantitative estimate of drug-likeness (QED) is 0.777. The molecular formula is C11H13NO2. The van der Waals surface area contributed by atoms with Crippen LogP contribution in [-0.2, 0) is 0 Å². The highest BCUT2D eigenvalue weighted by molar-refractivity contribution is 5.77. The number of hydrogen-bond donors (Lipinski definition) is 2. The highest BCUT2D eigenvalue weighted by Crippen LogP contribution is 2.23. The summed E-state index contributed by atoms with van der Waals surface area (Å²) in [7, 11) is 0. The maximum Gasteiger partial charge on any atom is 0.134 e. The van der Waals surface area contributed by atoms with Crippen LogP contribution in [0.3, 0.4) is 0 Å². The average molecular weight is 191 g/mol. The fourth-order valence-corrected chi connectivity index (χ4v) is 1.47. The second-order valence-electron chi connectivity index (χ2n) is 3.31. The van der Waals surface area contributed by atoms with Crippen LogP contribution in [0.4, 0.5) is 0 Å². The molecule has 2 aromatic rings. The van der Waals surface area contributed by atoms with Crippen molar-refractivity contribution in [3.63, 3.8) is 0 Å². The van der Waals surface area contributed by atoms with Crippen LogP contribution in [0, 0.1) is 0 Å². The second-order valence-corrected chi connectivity index (χ2v) is 3.31. The summed E-state index contributed by atoms with van der Waals surface area (Å²) in [5.41, 5.74) is 6.66. The van der Waals surface area contributed by atoms with Crippen LogP contribution in [0.25, 0.3) is 11.0 Å². The van der Waals surface area contributed by atoms with Crippen LogP contribution in [0.15, 0.2) is 34.7 Å². The Morgan fingerprint density at radius 1 is 1.36 bits per heavy atom. The van der Waals surface area contributed by atoms with Crippen molar-refractivity contribution in [3.05, 3.63) is 36.1 Å². The zero-order valence-electron chi connectivity index (χ0n) is 7.81. The number of para-hydroxylation sites is 1. The number of furan rings is 1. The predicted molar refractivity (Wildman–Crippen MR) is 54.8 cm³/mol. The second kappa shape index (κ2) is 3.82. The SMILES string of the molecule is NC(CCO)c1cc2ccccc2o1. The van der Waals surface area contributed by atoms with E-state index in [1.807, 2.05) is 30.3 Å². The van der Waals surface area contributed by atoms with Crippen molar-refractivity contribution in [2.24, 2.45) is 5.73 Å². The molecule has 1 aromatic heterocycles. The summed E-state index contributed by atoms with van der Waals surface area (Å²) in [4.78, 5) is 0. The van der Waals surface area contributed by atoms with Crippen molar-refractivity contribution in [2.75, 3.05) is 6.61 Å². The summed E-state index contributed by atoms with van der Waals surface area (Å²) in [5, 5.41) is 9.80. The fourth-order valence-electron chi connectivity index (χ4n) is 1.47. The molecular weight excluding hydrogens is 178 g/mol. The molecule has 1 heterocycles. The van der Waals surface area contributed by atoms with Gasteiger partial charge in [0.2, 0.25) is 0 Å². The van der Waals surface area contributed by atoms with Gasteiger partial charge >= 0.3 is 0 Å². The van der Waals surface area contributed by atoms with E-state index in [1.165, 1.54) is 0 Å². The number of aliphatic hydroxyl groups excluding tert-OH is 1. The molecule has 3 nitrogen and oxygen atoms in total. The molecule has 0 amide bonds. The van der Waals surface area contributed by atoms with Gasteiger partial charge in [-0.3, -0.25) is 0 Å². The van der Waals surface area contributed by atoms with Crippen LogP contribution in [0.1, 0.15) is 18.2 Å². The van der Waals surface area contributed by atoms with Crippen LogP contribution in [0.5, 0.6) is 0 Å². The molecule has 2 rings (SSSR count). The largest absolute Gasteiger partial charge is 0.459 e. The molecule has 1 atom stereocenters. The Morgan fingerprint density at radius 2 is 2.14 bits per heavy atom. The van der Waals surface area contributed by atoms with Crippen molar-refractivity contribution >= 4 is 11.0 Å². The van der Waals surface area contributed by atoms with Gasteiger partial charge in [-0.05, 0) is 18.6 Å². The van der Waals surface area contributed by atoms with Gasteiger partial charge in [0.1, 0.15) is 11.3 Å². The summed E-state index contributed by atoms with van der Waals surface area (Å²) in [5.74, 6) is 0.736. The molecule has 1 unspecified atom stereocenters. The third-order valence-corrected chi connectivity index (χ3v) is 2.25. The Kier molecular flexibility index (Phi) is 2.52. The van der Waals surface area contributed by atoms with Crippen molar-refractivity contribution in [2.45, 2.75) is 12.5 Å². The summed E-state index contributed by atoms with van der Waals surface area (Å²) in [6.45, 7) is 0.0816. The lowest BCUT2D eigenvalue weighted by Gasteiger charge is -2.04. The normalized spacial score (nSPS) is 13.3. The molecule has 74 valence electrons. The molecule has 0 aliphatic rings. The third kappa shape index (κ3) is 1.64. The first-order chi connectivity index (χ1) is 6.81. The zero-order chi connectivity index (χ0) is 9.97. The Bertz CT molecular complexity index is 389. The Labute approximate surface area is 82.1 Å². The Balaban J connectivity index is 2.35. The standard InChI is InChI=1S/C11H13NO2/c12-9(5-6-13)11-7-8-3-1-2-4-10(8)14-11/h1-4,7,9,13H,5-6,12H2. The van der Waals surface area contributed by atoms with Gasteiger partial charge in [-0.15, -0.1) is 0 Å². The predicted octanol–water partition coefficient (Wildman–Crippen LogP) is 1.81. The lowest BCUT2D eigenvalue weighted by atomic mass is 10.1. The molecule has 14 heavy (non-hydrogen) atoms.